The fourth-order valence-electron chi connectivity index (χ4n) is 4.55. The minimum Gasteiger partial charge on any atom is -0.339 e. The normalized spacial score (nSPS) is 16.9. The Kier molecular flexibility index (Phi) is 7.67. The van der Waals surface area contributed by atoms with Gasteiger partial charge in [-0.1, -0.05) is 60.7 Å². The first kappa shape index (κ1) is 25.6. The molecular formula is C29H30N4O4. The van der Waals surface area contributed by atoms with Gasteiger partial charge in [0.2, 0.25) is 5.91 Å². The summed E-state index contributed by atoms with van der Waals surface area (Å²) in [6.45, 7) is 4.60. The zero-order valence-electron chi connectivity index (χ0n) is 20.9. The topological polar surface area (TPSA) is 98.8 Å². The van der Waals surface area contributed by atoms with E-state index in [1.165, 1.54) is 0 Å². The Balaban J connectivity index is 1.50. The van der Waals surface area contributed by atoms with Crippen LogP contribution in [0.1, 0.15) is 35.3 Å². The molecule has 0 aliphatic carbocycles. The molecule has 4 rings (SSSR count). The van der Waals surface area contributed by atoms with E-state index >= 15 is 0 Å². The van der Waals surface area contributed by atoms with Crippen molar-refractivity contribution in [3.8, 4) is 0 Å². The van der Waals surface area contributed by atoms with Gasteiger partial charge >= 0.3 is 6.03 Å². The molecule has 0 spiro atoms. The molecular weight excluding hydrogens is 468 g/mol. The summed E-state index contributed by atoms with van der Waals surface area (Å²) in [5, 5.41) is 5.57. The van der Waals surface area contributed by atoms with Crippen LogP contribution in [0.25, 0.3) is 0 Å². The second-order valence-corrected chi connectivity index (χ2v) is 8.86. The van der Waals surface area contributed by atoms with Crippen molar-refractivity contribution in [2.45, 2.75) is 25.8 Å². The summed E-state index contributed by atoms with van der Waals surface area (Å²) in [6, 6.07) is 24.4. The van der Waals surface area contributed by atoms with E-state index in [0.29, 0.717) is 29.9 Å². The first-order valence-corrected chi connectivity index (χ1v) is 12.3. The third kappa shape index (κ3) is 5.38. The Morgan fingerprint density at radius 3 is 2.05 bits per heavy atom. The molecule has 1 saturated heterocycles. The maximum atomic E-state index is 13.7. The van der Waals surface area contributed by atoms with Crippen LogP contribution in [0.15, 0.2) is 84.9 Å². The van der Waals surface area contributed by atoms with E-state index in [9.17, 15) is 19.2 Å². The number of carbonyl (C=O) groups is 4. The second-order valence-electron chi connectivity index (χ2n) is 8.86. The van der Waals surface area contributed by atoms with Gasteiger partial charge in [-0.3, -0.25) is 19.3 Å². The van der Waals surface area contributed by atoms with Crippen LogP contribution in [-0.4, -0.2) is 53.2 Å². The molecule has 1 atom stereocenters. The molecule has 1 fully saturated rings. The minimum atomic E-state index is -1.31. The van der Waals surface area contributed by atoms with Gasteiger partial charge in [0.25, 0.3) is 11.8 Å². The van der Waals surface area contributed by atoms with E-state index in [1.807, 2.05) is 62.4 Å². The number of hydrogen-bond acceptors (Lipinski definition) is 4. The molecule has 3 aromatic rings. The smallest absolute Gasteiger partial charge is 0.325 e. The predicted molar refractivity (Wildman–Crippen MR) is 141 cm³/mol. The van der Waals surface area contributed by atoms with Crippen LogP contribution in [0.3, 0.4) is 0 Å². The van der Waals surface area contributed by atoms with Gasteiger partial charge in [0, 0.05) is 30.8 Å². The summed E-state index contributed by atoms with van der Waals surface area (Å²) < 4.78 is 0. The number of nitrogens with one attached hydrogen (secondary N) is 2. The number of urea groups is 1. The van der Waals surface area contributed by atoms with E-state index in [-0.39, 0.29) is 12.3 Å². The van der Waals surface area contributed by atoms with Crippen LogP contribution in [0.4, 0.5) is 10.5 Å². The molecule has 3 aromatic carbocycles. The third-order valence-corrected chi connectivity index (χ3v) is 6.52. The Hall–Kier alpha value is -4.46. The van der Waals surface area contributed by atoms with Gasteiger partial charge in [0.1, 0.15) is 6.54 Å². The number of nitrogens with zero attached hydrogens (tertiary/aromatic N) is 2. The van der Waals surface area contributed by atoms with Crippen molar-refractivity contribution in [3.63, 3.8) is 0 Å². The molecule has 0 aromatic heterocycles. The van der Waals surface area contributed by atoms with E-state index in [4.69, 9.17) is 0 Å². The lowest BCUT2D eigenvalue weighted by molar-refractivity contribution is -0.134. The van der Waals surface area contributed by atoms with Crippen molar-refractivity contribution in [1.82, 2.24) is 15.1 Å². The molecule has 0 saturated carbocycles. The summed E-state index contributed by atoms with van der Waals surface area (Å²) in [6.07, 6.45) is 0.253. The van der Waals surface area contributed by atoms with Crippen molar-refractivity contribution in [2.75, 3.05) is 25.0 Å². The molecule has 37 heavy (non-hydrogen) atoms. The van der Waals surface area contributed by atoms with Gasteiger partial charge in [-0.15, -0.1) is 0 Å². The average molecular weight is 499 g/mol. The SMILES string of the molecule is CCN(CC)C(=O)c1ccc(NC(=O)CN2C(=O)NC(Cc3ccccc3)(c3ccccc3)C2=O)cc1. The highest BCUT2D eigenvalue weighted by molar-refractivity contribution is 6.10. The Bertz CT molecular complexity index is 1270. The molecule has 190 valence electrons. The van der Waals surface area contributed by atoms with Crippen LogP contribution in [0.5, 0.6) is 0 Å². The molecule has 1 heterocycles. The third-order valence-electron chi connectivity index (χ3n) is 6.52. The lowest BCUT2D eigenvalue weighted by Gasteiger charge is -2.27. The van der Waals surface area contributed by atoms with Crippen molar-refractivity contribution >= 4 is 29.4 Å². The highest BCUT2D eigenvalue weighted by Crippen LogP contribution is 2.33. The lowest BCUT2D eigenvalue weighted by atomic mass is 9.83. The molecule has 5 amide bonds. The monoisotopic (exact) mass is 498 g/mol. The first-order valence-electron chi connectivity index (χ1n) is 12.3. The van der Waals surface area contributed by atoms with Crippen LogP contribution in [0.2, 0.25) is 0 Å². The lowest BCUT2D eigenvalue weighted by Crippen LogP contribution is -2.46. The standard InChI is InChI=1S/C29H30N4O4/c1-3-32(4-2)26(35)22-15-17-24(18-16-22)30-25(34)20-33-27(36)29(31-28(33)37,23-13-9-6-10-14-23)19-21-11-7-5-8-12-21/h5-18H,3-4,19-20H2,1-2H3,(H,30,34)(H,31,37). The maximum absolute atomic E-state index is 13.7. The fraction of sp³-hybridized carbons (Fsp3) is 0.241. The van der Waals surface area contributed by atoms with Crippen molar-refractivity contribution in [1.29, 1.82) is 0 Å². The summed E-state index contributed by atoms with van der Waals surface area (Å²) >= 11 is 0. The highest BCUT2D eigenvalue weighted by atomic mass is 16.2. The van der Waals surface area contributed by atoms with Gasteiger partial charge in [0.05, 0.1) is 0 Å². The maximum Gasteiger partial charge on any atom is 0.325 e. The second kappa shape index (κ2) is 11.1. The number of benzene rings is 3. The van der Waals surface area contributed by atoms with E-state index in [2.05, 4.69) is 10.6 Å². The van der Waals surface area contributed by atoms with E-state index in [1.54, 1.807) is 41.3 Å². The summed E-state index contributed by atoms with van der Waals surface area (Å²) in [4.78, 5) is 54.6. The van der Waals surface area contributed by atoms with Crippen molar-refractivity contribution in [2.24, 2.45) is 0 Å². The molecule has 8 heteroatoms. The molecule has 0 bridgehead atoms. The zero-order valence-corrected chi connectivity index (χ0v) is 20.9. The molecule has 1 unspecified atom stereocenters. The number of imide groups is 1. The van der Waals surface area contributed by atoms with Gasteiger partial charge in [0.15, 0.2) is 5.54 Å². The fourth-order valence-corrected chi connectivity index (χ4v) is 4.55. The Morgan fingerprint density at radius 2 is 1.46 bits per heavy atom. The van der Waals surface area contributed by atoms with Gasteiger partial charge in [-0.25, -0.2) is 4.79 Å². The first-order chi connectivity index (χ1) is 17.9. The summed E-state index contributed by atoms with van der Waals surface area (Å²) in [5.74, 6) is -1.09. The quantitative estimate of drug-likeness (QED) is 0.439. The van der Waals surface area contributed by atoms with Crippen LogP contribution in [-0.2, 0) is 21.5 Å². The van der Waals surface area contributed by atoms with Crippen molar-refractivity contribution < 1.29 is 19.2 Å². The molecule has 2 N–H and O–H groups in total. The van der Waals surface area contributed by atoms with Crippen LogP contribution >= 0.6 is 0 Å². The molecule has 1 aliphatic rings. The van der Waals surface area contributed by atoms with Crippen LogP contribution < -0.4 is 10.6 Å². The van der Waals surface area contributed by atoms with Crippen molar-refractivity contribution in [3.05, 3.63) is 102 Å². The largest absolute Gasteiger partial charge is 0.339 e. The molecule has 1 aliphatic heterocycles. The average Bonchev–Trinajstić information content (AvgIpc) is 3.15. The number of carbonyl (C=O) groups excluding carboxylic acids is 4. The molecule has 0 radical (unpaired) electrons. The van der Waals surface area contributed by atoms with Gasteiger partial charge < -0.3 is 15.5 Å². The Labute approximate surface area is 216 Å². The Morgan fingerprint density at radius 1 is 0.865 bits per heavy atom. The predicted octanol–water partition coefficient (Wildman–Crippen LogP) is 3.80. The minimum absolute atomic E-state index is 0.0853. The van der Waals surface area contributed by atoms with E-state index < -0.39 is 29.9 Å². The summed E-state index contributed by atoms with van der Waals surface area (Å²) in [5.41, 5.74) is 1.20. The summed E-state index contributed by atoms with van der Waals surface area (Å²) in [7, 11) is 0. The number of amides is 5. The molecule has 8 nitrogen and oxygen atoms in total. The number of rotatable bonds is 9. The zero-order chi connectivity index (χ0) is 26.4. The van der Waals surface area contributed by atoms with Crippen LogP contribution in [0, 0.1) is 0 Å². The highest BCUT2D eigenvalue weighted by Gasteiger charge is 2.52. The van der Waals surface area contributed by atoms with Gasteiger partial charge in [-0.05, 0) is 49.2 Å². The van der Waals surface area contributed by atoms with E-state index in [0.717, 1.165) is 10.5 Å². The number of anilines is 1. The van der Waals surface area contributed by atoms with Gasteiger partial charge in [-0.2, -0.15) is 0 Å². The number of hydrogen-bond donors (Lipinski definition) is 2.